The van der Waals surface area contributed by atoms with Gasteiger partial charge in [0.25, 0.3) is 0 Å². The highest BCUT2D eigenvalue weighted by atomic mass is 16.3. The van der Waals surface area contributed by atoms with Crippen LogP contribution in [0.2, 0.25) is 0 Å². The van der Waals surface area contributed by atoms with Gasteiger partial charge in [-0.05, 0) is 18.9 Å². The van der Waals surface area contributed by atoms with Crippen molar-refractivity contribution in [2.45, 2.75) is 31.9 Å². The average molecular weight is 327 g/mol. The highest BCUT2D eigenvalue weighted by Crippen LogP contribution is 2.32. The molecule has 8 heteroatoms. The van der Waals surface area contributed by atoms with Crippen molar-refractivity contribution in [3.8, 4) is 0 Å². The number of allylic oxidation sites excluding steroid dienone is 1. The lowest BCUT2D eigenvalue weighted by Crippen LogP contribution is -2.24. The molecular formula is C16H21N7O. The molecule has 126 valence electrons. The number of aliphatic hydroxyl groups excluding tert-OH is 1. The predicted molar refractivity (Wildman–Crippen MR) is 89.0 cm³/mol. The fourth-order valence-corrected chi connectivity index (χ4v) is 3.53. The summed E-state index contributed by atoms with van der Waals surface area (Å²) in [7, 11) is 0. The molecule has 3 N–H and O–H groups in total. The summed E-state index contributed by atoms with van der Waals surface area (Å²) >= 11 is 0. The summed E-state index contributed by atoms with van der Waals surface area (Å²) < 4.78 is 1.79. The zero-order chi connectivity index (χ0) is 16.7. The zero-order valence-corrected chi connectivity index (χ0v) is 13.6. The number of anilines is 1. The van der Waals surface area contributed by atoms with Crippen LogP contribution in [0.4, 0.5) is 5.82 Å². The molecule has 1 unspecified atom stereocenters. The van der Waals surface area contributed by atoms with Crippen LogP contribution in [-0.4, -0.2) is 60.7 Å². The Kier molecular flexibility index (Phi) is 3.78. The van der Waals surface area contributed by atoms with E-state index in [1.54, 1.807) is 4.68 Å². The summed E-state index contributed by atoms with van der Waals surface area (Å²) in [5.74, 6) is 0.559. The molecule has 2 aromatic heterocycles. The highest BCUT2D eigenvalue weighted by Gasteiger charge is 2.35. The number of hydrogen-bond donors (Lipinski definition) is 2. The first-order chi connectivity index (χ1) is 11.7. The van der Waals surface area contributed by atoms with Crippen LogP contribution >= 0.6 is 0 Å². The molecule has 8 nitrogen and oxygen atoms in total. The molecule has 2 atom stereocenters. The van der Waals surface area contributed by atoms with E-state index in [0.717, 1.165) is 48.6 Å². The van der Waals surface area contributed by atoms with Crippen LogP contribution in [0.15, 0.2) is 18.6 Å². The number of nitrogens with two attached hydrogens (primary N) is 1. The summed E-state index contributed by atoms with van der Waals surface area (Å²) in [5.41, 5.74) is 9.89. The number of β-amino-alcohol motifs (C(OH)–C–C–N with tert-alkyl or cyclic N) is 1. The summed E-state index contributed by atoms with van der Waals surface area (Å²) in [5, 5.41) is 18.7. The van der Waals surface area contributed by atoms with Crippen LogP contribution in [0.1, 0.15) is 29.8 Å². The van der Waals surface area contributed by atoms with E-state index < -0.39 is 6.10 Å². The number of aromatic nitrogens is 5. The smallest absolute Gasteiger partial charge is 0.130 e. The van der Waals surface area contributed by atoms with Gasteiger partial charge in [-0.1, -0.05) is 11.3 Å². The molecule has 24 heavy (non-hydrogen) atoms. The Morgan fingerprint density at radius 1 is 1.33 bits per heavy atom. The fourth-order valence-electron chi connectivity index (χ4n) is 3.53. The molecule has 0 aromatic carbocycles. The first-order valence-electron chi connectivity index (χ1n) is 8.25. The van der Waals surface area contributed by atoms with E-state index in [-0.39, 0.29) is 5.92 Å². The minimum absolute atomic E-state index is 0.00208. The van der Waals surface area contributed by atoms with Crippen molar-refractivity contribution < 1.29 is 5.11 Å². The SMILES string of the molecule is CCn1cc(C2CN(CC3=CCc4c(N)ncnc43)C[C@@H]2O)nn1. The average Bonchev–Trinajstić information content (AvgIpc) is 3.27. The Morgan fingerprint density at radius 2 is 2.21 bits per heavy atom. The third-order valence-electron chi connectivity index (χ3n) is 4.85. The molecule has 0 saturated carbocycles. The van der Waals surface area contributed by atoms with Gasteiger partial charge < -0.3 is 10.8 Å². The van der Waals surface area contributed by atoms with E-state index in [2.05, 4.69) is 31.3 Å². The first kappa shape index (κ1) is 15.2. The van der Waals surface area contributed by atoms with Crippen molar-refractivity contribution in [3.05, 3.63) is 35.6 Å². The molecule has 1 fully saturated rings. The van der Waals surface area contributed by atoms with Gasteiger partial charge in [0.2, 0.25) is 0 Å². The van der Waals surface area contributed by atoms with Crippen molar-refractivity contribution in [3.63, 3.8) is 0 Å². The number of aryl methyl sites for hydroxylation is 1. The van der Waals surface area contributed by atoms with Crippen LogP contribution in [0.25, 0.3) is 5.57 Å². The largest absolute Gasteiger partial charge is 0.391 e. The number of rotatable bonds is 4. The van der Waals surface area contributed by atoms with Gasteiger partial charge in [-0.2, -0.15) is 0 Å². The molecule has 0 radical (unpaired) electrons. The molecular weight excluding hydrogens is 306 g/mol. The van der Waals surface area contributed by atoms with Gasteiger partial charge in [0, 0.05) is 43.9 Å². The van der Waals surface area contributed by atoms with E-state index in [1.165, 1.54) is 6.33 Å². The molecule has 1 saturated heterocycles. The van der Waals surface area contributed by atoms with E-state index in [1.807, 2.05) is 13.1 Å². The van der Waals surface area contributed by atoms with Gasteiger partial charge in [0.05, 0.1) is 17.5 Å². The Hall–Kier alpha value is -2.32. The van der Waals surface area contributed by atoms with Crippen LogP contribution in [0.5, 0.6) is 0 Å². The van der Waals surface area contributed by atoms with Crippen molar-refractivity contribution in [1.29, 1.82) is 0 Å². The Morgan fingerprint density at radius 3 is 3.00 bits per heavy atom. The lowest BCUT2D eigenvalue weighted by molar-refractivity contribution is 0.165. The molecule has 1 aliphatic carbocycles. The first-order valence-corrected chi connectivity index (χ1v) is 8.25. The monoisotopic (exact) mass is 327 g/mol. The number of aliphatic hydroxyl groups is 1. The van der Waals surface area contributed by atoms with Crippen LogP contribution in [0.3, 0.4) is 0 Å². The van der Waals surface area contributed by atoms with Crippen LogP contribution in [-0.2, 0) is 13.0 Å². The minimum Gasteiger partial charge on any atom is -0.391 e. The normalized spacial score (nSPS) is 23.5. The summed E-state index contributed by atoms with van der Waals surface area (Å²) in [6.07, 6.45) is 5.95. The van der Waals surface area contributed by atoms with E-state index in [0.29, 0.717) is 12.4 Å². The number of nitrogen functional groups attached to an aromatic ring is 1. The minimum atomic E-state index is -0.427. The summed E-state index contributed by atoms with van der Waals surface area (Å²) in [6.45, 7) is 4.93. The van der Waals surface area contributed by atoms with Gasteiger partial charge in [-0.25, -0.2) is 9.97 Å². The van der Waals surface area contributed by atoms with E-state index >= 15 is 0 Å². The highest BCUT2D eigenvalue weighted by molar-refractivity contribution is 5.74. The molecule has 0 bridgehead atoms. The third-order valence-corrected chi connectivity index (χ3v) is 4.85. The fraction of sp³-hybridized carbons (Fsp3) is 0.500. The molecule has 4 rings (SSSR count). The molecule has 0 amide bonds. The Labute approximate surface area is 140 Å². The van der Waals surface area contributed by atoms with Gasteiger partial charge >= 0.3 is 0 Å². The molecule has 0 spiro atoms. The maximum absolute atomic E-state index is 10.4. The van der Waals surface area contributed by atoms with Gasteiger partial charge in [-0.15, -0.1) is 5.10 Å². The van der Waals surface area contributed by atoms with Gasteiger partial charge in [-0.3, -0.25) is 9.58 Å². The Bertz CT molecular complexity index is 784. The topological polar surface area (TPSA) is 106 Å². The second-order valence-corrected chi connectivity index (χ2v) is 6.39. The summed E-state index contributed by atoms with van der Waals surface area (Å²) in [4.78, 5) is 10.7. The summed E-state index contributed by atoms with van der Waals surface area (Å²) in [6, 6.07) is 0. The predicted octanol–water partition coefficient (Wildman–Crippen LogP) is 0.0700. The molecule has 2 aliphatic rings. The number of fused-ring (bicyclic) bond motifs is 1. The van der Waals surface area contributed by atoms with Gasteiger partial charge in [0.1, 0.15) is 12.1 Å². The van der Waals surface area contributed by atoms with E-state index in [9.17, 15) is 5.11 Å². The zero-order valence-electron chi connectivity index (χ0n) is 13.6. The number of nitrogens with zero attached hydrogens (tertiary/aromatic N) is 6. The second kappa shape index (κ2) is 5.95. The van der Waals surface area contributed by atoms with Crippen molar-refractivity contribution in [2.75, 3.05) is 25.4 Å². The standard InChI is InChI=1S/C16H21N7O/c1-2-23-7-13(20-21-23)12-6-22(8-14(12)24)5-10-3-4-11-15(10)18-9-19-16(11)17/h3,7,9,12,14,24H,2,4-6,8H2,1H3,(H2,17,18,19)/t12?,14-/m0/s1. The van der Waals surface area contributed by atoms with Crippen LogP contribution < -0.4 is 5.73 Å². The molecule has 3 heterocycles. The lowest BCUT2D eigenvalue weighted by atomic mass is 10.0. The maximum atomic E-state index is 10.4. The van der Waals surface area contributed by atoms with Crippen molar-refractivity contribution >= 4 is 11.4 Å². The van der Waals surface area contributed by atoms with Gasteiger partial charge in [0.15, 0.2) is 0 Å². The second-order valence-electron chi connectivity index (χ2n) is 6.39. The van der Waals surface area contributed by atoms with Crippen molar-refractivity contribution in [1.82, 2.24) is 29.9 Å². The Balaban J connectivity index is 1.47. The molecule has 2 aromatic rings. The third kappa shape index (κ3) is 2.57. The quantitative estimate of drug-likeness (QED) is 0.818. The van der Waals surface area contributed by atoms with Crippen molar-refractivity contribution in [2.24, 2.45) is 0 Å². The number of hydrogen-bond acceptors (Lipinski definition) is 7. The maximum Gasteiger partial charge on any atom is 0.130 e. The molecule has 1 aliphatic heterocycles. The lowest BCUT2D eigenvalue weighted by Gasteiger charge is -2.16. The van der Waals surface area contributed by atoms with E-state index in [4.69, 9.17) is 5.73 Å². The number of likely N-dealkylation sites (tertiary alicyclic amines) is 1. The van der Waals surface area contributed by atoms with Crippen LogP contribution in [0, 0.1) is 0 Å².